The van der Waals surface area contributed by atoms with Crippen molar-refractivity contribution in [2.45, 2.75) is 57.1 Å². The van der Waals surface area contributed by atoms with Crippen LogP contribution in [0.25, 0.3) is 0 Å². The van der Waals surface area contributed by atoms with E-state index in [1.54, 1.807) is 6.92 Å². The van der Waals surface area contributed by atoms with Crippen LogP contribution in [0, 0.1) is 0 Å². The SMILES string of the molecule is CCCc1ccc(C(OC(C)OCC(F)(F)F)(C(F)(F)F)C(F)(F)F)cc1. The Morgan fingerprint density at radius 1 is 0.852 bits per heavy atom. The van der Waals surface area contributed by atoms with E-state index in [2.05, 4.69) is 9.47 Å². The number of hydrogen-bond acceptors (Lipinski definition) is 2. The minimum Gasteiger partial charge on any atom is -0.343 e. The molecule has 0 aliphatic heterocycles. The molecular formula is C16H17F9O2. The molecule has 0 spiro atoms. The summed E-state index contributed by atoms with van der Waals surface area (Å²) in [5.74, 6) is 0. The first-order valence-electron chi connectivity index (χ1n) is 7.73. The predicted octanol–water partition coefficient (Wildman–Crippen LogP) is 5.90. The van der Waals surface area contributed by atoms with Crippen LogP contribution in [0.3, 0.4) is 0 Å². The maximum atomic E-state index is 13.5. The topological polar surface area (TPSA) is 18.5 Å². The van der Waals surface area contributed by atoms with Gasteiger partial charge in [0.2, 0.25) is 0 Å². The Balaban J connectivity index is 3.35. The fraction of sp³-hybridized carbons (Fsp3) is 0.625. The lowest BCUT2D eigenvalue weighted by atomic mass is 9.90. The van der Waals surface area contributed by atoms with Crippen LogP contribution in [0.5, 0.6) is 0 Å². The molecule has 27 heavy (non-hydrogen) atoms. The van der Waals surface area contributed by atoms with E-state index in [1.165, 1.54) is 0 Å². The molecule has 0 aromatic heterocycles. The molecule has 0 bridgehead atoms. The van der Waals surface area contributed by atoms with Gasteiger partial charge in [-0.1, -0.05) is 37.6 Å². The molecule has 0 heterocycles. The molecule has 156 valence electrons. The molecule has 1 rings (SSSR count). The summed E-state index contributed by atoms with van der Waals surface area (Å²) in [7, 11) is 0. The number of aryl methyl sites for hydroxylation is 1. The number of rotatable bonds is 7. The molecule has 0 N–H and O–H groups in total. The minimum atomic E-state index is -6.01. The van der Waals surface area contributed by atoms with Crippen molar-refractivity contribution in [3.05, 3.63) is 35.4 Å². The van der Waals surface area contributed by atoms with Gasteiger partial charge in [0.1, 0.15) is 6.61 Å². The van der Waals surface area contributed by atoms with Gasteiger partial charge < -0.3 is 9.47 Å². The van der Waals surface area contributed by atoms with Crippen LogP contribution in [0.4, 0.5) is 39.5 Å². The fourth-order valence-electron chi connectivity index (χ4n) is 2.38. The average molecular weight is 412 g/mol. The molecule has 0 fully saturated rings. The van der Waals surface area contributed by atoms with Crippen LogP contribution in [0.1, 0.15) is 31.4 Å². The summed E-state index contributed by atoms with van der Waals surface area (Å²) in [4.78, 5) is 0. The summed E-state index contributed by atoms with van der Waals surface area (Å²) >= 11 is 0. The standard InChI is InChI=1S/C16H17F9O2/c1-3-4-11-5-7-12(8-6-11)14(15(20,21)22,16(23,24)25)27-10(2)26-9-13(17,18)19/h5-8,10H,3-4,9H2,1-2H3. The third kappa shape index (κ3) is 5.74. The molecule has 1 aromatic rings. The lowest BCUT2D eigenvalue weighted by Gasteiger charge is -2.39. The Labute approximate surface area is 149 Å². The van der Waals surface area contributed by atoms with Crippen LogP contribution in [-0.4, -0.2) is 31.4 Å². The number of hydrogen-bond donors (Lipinski definition) is 0. The van der Waals surface area contributed by atoms with Crippen LogP contribution < -0.4 is 0 Å². The monoisotopic (exact) mass is 412 g/mol. The van der Waals surface area contributed by atoms with Gasteiger partial charge in [-0.25, -0.2) is 0 Å². The van der Waals surface area contributed by atoms with E-state index < -0.39 is 42.6 Å². The molecule has 0 saturated heterocycles. The zero-order chi connectivity index (χ0) is 21.1. The normalized spacial score (nSPS) is 15.1. The van der Waals surface area contributed by atoms with Crippen molar-refractivity contribution in [3.8, 4) is 0 Å². The van der Waals surface area contributed by atoms with Gasteiger partial charge in [-0.3, -0.25) is 0 Å². The largest absolute Gasteiger partial charge is 0.430 e. The predicted molar refractivity (Wildman–Crippen MR) is 76.8 cm³/mol. The third-order valence-electron chi connectivity index (χ3n) is 3.52. The second-order valence-electron chi connectivity index (χ2n) is 5.74. The molecule has 0 aliphatic rings. The van der Waals surface area contributed by atoms with Gasteiger partial charge >= 0.3 is 18.5 Å². The Kier molecular flexibility index (Phi) is 7.20. The van der Waals surface area contributed by atoms with E-state index in [9.17, 15) is 39.5 Å². The first-order chi connectivity index (χ1) is 12.1. The number of benzene rings is 1. The van der Waals surface area contributed by atoms with Crippen molar-refractivity contribution >= 4 is 0 Å². The smallest absolute Gasteiger partial charge is 0.343 e. The van der Waals surface area contributed by atoms with Crippen molar-refractivity contribution in [3.63, 3.8) is 0 Å². The number of alkyl halides is 9. The second-order valence-corrected chi connectivity index (χ2v) is 5.74. The highest BCUT2D eigenvalue weighted by atomic mass is 19.4. The Hall–Kier alpha value is -1.49. The molecular weight excluding hydrogens is 395 g/mol. The fourth-order valence-corrected chi connectivity index (χ4v) is 2.38. The Morgan fingerprint density at radius 2 is 1.33 bits per heavy atom. The first kappa shape index (κ1) is 23.5. The van der Waals surface area contributed by atoms with Crippen LogP contribution in [0.15, 0.2) is 24.3 Å². The molecule has 1 aromatic carbocycles. The summed E-state index contributed by atoms with van der Waals surface area (Å²) in [6.45, 7) is 0.241. The van der Waals surface area contributed by atoms with Crippen molar-refractivity contribution < 1.29 is 49.0 Å². The van der Waals surface area contributed by atoms with Gasteiger partial charge in [0, 0.05) is 5.56 Å². The molecule has 0 radical (unpaired) electrons. The van der Waals surface area contributed by atoms with E-state index in [-0.39, 0.29) is 0 Å². The zero-order valence-corrected chi connectivity index (χ0v) is 14.2. The number of halogens is 9. The molecule has 0 saturated carbocycles. The third-order valence-corrected chi connectivity index (χ3v) is 3.52. The van der Waals surface area contributed by atoms with Crippen molar-refractivity contribution in [2.24, 2.45) is 0 Å². The van der Waals surface area contributed by atoms with Crippen LogP contribution in [-0.2, 0) is 21.5 Å². The molecule has 2 nitrogen and oxygen atoms in total. The van der Waals surface area contributed by atoms with Gasteiger partial charge in [0.15, 0.2) is 6.29 Å². The molecule has 11 heteroatoms. The quantitative estimate of drug-likeness (QED) is 0.410. The van der Waals surface area contributed by atoms with Gasteiger partial charge in [0.05, 0.1) is 0 Å². The van der Waals surface area contributed by atoms with E-state index in [4.69, 9.17) is 0 Å². The Bertz CT molecular complexity index is 574. The Morgan fingerprint density at radius 3 is 1.70 bits per heavy atom. The average Bonchev–Trinajstić information content (AvgIpc) is 2.49. The van der Waals surface area contributed by atoms with E-state index in [1.807, 2.05) is 0 Å². The maximum Gasteiger partial charge on any atom is 0.430 e. The summed E-state index contributed by atoms with van der Waals surface area (Å²) in [6.07, 6.45) is -18.4. The molecule has 0 amide bonds. The highest BCUT2D eigenvalue weighted by Gasteiger charge is 2.74. The summed E-state index contributed by atoms with van der Waals surface area (Å²) in [6, 6.07) is 3.36. The van der Waals surface area contributed by atoms with Gasteiger partial charge in [-0.05, 0) is 18.9 Å². The van der Waals surface area contributed by atoms with Crippen LogP contribution in [0.2, 0.25) is 0 Å². The highest BCUT2D eigenvalue weighted by molar-refractivity contribution is 5.31. The second kappa shape index (κ2) is 8.26. The van der Waals surface area contributed by atoms with Crippen LogP contribution >= 0.6 is 0 Å². The van der Waals surface area contributed by atoms with Gasteiger partial charge in [-0.15, -0.1) is 0 Å². The van der Waals surface area contributed by atoms with E-state index in [0.29, 0.717) is 37.5 Å². The minimum absolute atomic E-state index is 0.428. The summed E-state index contributed by atoms with van der Waals surface area (Å²) < 4.78 is 126. The van der Waals surface area contributed by atoms with E-state index in [0.717, 1.165) is 12.1 Å². The lowest BCUT2D eigenvalue weighted by molar-refractivity contribution is -0.418. The first-order valence-corrected chi connectivity index (χ1v) is 7.73. The maximum absolute atomic E-state index is 13.5. The summed E-state index contributed by atoms with van der Waals surface area (Å²) in [5, 5.41) is 0. The molecule has 1 atom stereocenters. The zero-order valence-electron chi connectivity index (χ0n) is 14.2. The molecule has 1 unspecified atom stereocenters. The van der Waals surface area contributed by atoms with Crippen molar-refractivity contribution in [1.29, 1.82) is 0 Å². The van der Waals surface area contributed by atoms with Gasteiger partial charge in [0.25, 0.3) is 5.60 Å². The molecule has 0 aliphatic carbocycles. The van der Waals surface area contributed by atoms with Crippen molar-refractivity contribution in [2.75, 3.05) is 6.61 Å². The van der Waals surface area contributed by atoms with E-state index >= 15 is 0 Å². The number of ether oxygens (including phenoxy) is 2. The van der Waals surface area contributed by atoms with Gasteiger partial charge in [-0.2, -0.15) is 39.5 Å². The highest BCUT2D eigenvalue weighted by Crippen LogP contribution is 2.53. The lowest BCUT2D eigenvalue weighted by Crippen LogP contribution is -2.57. The summed E-state index contributed by atoms with van der Waals surface area (Å²) in [5.41, 5.74) is -5.64. The van der Waals surface area contributed by atoms with Crippen molar-refractivity contribution in [1.82, 2.24) is 0 Å².